The number of rotatable bonds is 4. The fourth-order valence-electron chi connectivity index (χ4n) is 2.87. The van der Waals surface area contributed by atoms with Crippen LogP contribution in [0.1, 0.15) is 0 Å². The van der Waals surface area contributed by atoms with E-state index in [-0.39, 0.29) is 12.5 Å². The molecule has 130 valence electrons. The summed E-state index contributed by atoms with van der Waals surface area (Å²) < 4.78 is 11.7. The fourth-order valence-corrected chi connectivity index (χ4v) is 2.87. The second-order valence-corrected chi connectivity index (χ2v) is 5.72. The summed E-state index contributed by atoms with van der Waals surface area (Å²) in [6.45, 7) is -0.165. The molecule has 4 aromatic rings. The van der Waals surface area contributed by atoms with E-state index in [4.69, 9.17) is 9.15 Å². The Labute approximate surface area is 147 Å². The first kappa shape index (κ1) is 15.9. The molecule has 7 heteroatoms. The Bertz CT molecular complexity index is 1180. The molecule has 2 aromatic carbocycles. The molecular formula is C19H15N3O4. The standard InChI is InChI=1S/C19H15N3O4/c1-25-13-9-12-5-4-8-20-18(12)14(10-13)21-17(23)11-22-15-6-2-3-7-16(15)26-19(22)24/h2-10H,11H2,1H3,(H,21,23). The lowest BCUT2D eigenvalue weighted by Crippen LogP contribution is -2.24. The Balaban J connectivity index is 1.67. The van der Waals surface area contributed by atoms with Crippen LogP contribution in [-0.4, -0.2) is 22.6 Å². The second-order valence-electron chi connectivity index (χ2n) is 5.72. The number of hydrogen-bond acceptors (Lipinski definition) is 5. The largest absolute Gasteiger partial charge is 0.497 e. The summed E-state index contributed by atoms with van der Waals surface area (Å²) in [4.78, 5) is 28.9. The van der Waals surface area contributed by atoms with E-state index in [0.717, 1.165) is 5.39 Å². The number of para-hydroxylation sites is 2. The van der Waals surface area contributed by atoms with Crippen molar-refractivity contribution >= 4 is 33.6 Å². The highest BCUT2D eigenvalue weighted by Gasteiger charge is 2.14. The van der Waals surface area contributed by atoms with Gasteiger partial charge in [0.1, 0.15) is 12.3 Å². The van der Waals surface area contributed by atoms with Gasteiger partial charge >= 0.3 is 5.76 Å². The molecule has 0 aliphatic heterocycles. The highest BCUT2D eigenvalue weighted by Crippen LogP contribution is 2.27. The van der Waals surface area contributed by atoms with Gasteiger partial charge in [0.25, 0.3) is 0 Å². The molecule has 0 aliphatic carbocycles. The molecule has 0 spiro atoms. The minimum absolute atomic E-state index is 0.165. The molecule has 4 rings (SSSR count). The van der Waals surface area contributed by atoms with Crippen molar-refractivity contribution in [2.45, 2.75) is 6.54 Å². The molecule has 0 saturated heterocycles. The van der Waals surface area contributed by atoms with Gasteiger partial charge < -0.3 is 14.5 Å². The van der Waals surface area contributed by atoms with E-state index < -0.39 is 5.76 Å². The van der Waals surface area contributed by atoms with Crippen LogP contribution in [0.25, 0.3) is 22.0 Å². The van der Waals surface area contributed by atoms with Gasteiger partial charge in [-0.15, -0.1) is 0 Å². The van der Waals surface area contributed by atoms with Crippen LogP contribution in [0.2, 0.25) is 0 Å². The molecule has 26 heavy (non-hydrogen) atoms. The SMILES string of the molecule is COc1cc(NC(=O)Cn2c(=O)oc3ccccc32)c2ncccc2c1. The maximum absolute atomic E-state index is 12.5. The number of fused-ring (bicyclic) bond motifs is 2. The van der Waals surface area contributed by atoms with Gasteiger partial charge in [0.2, 0.25) is 5.91 Å². The fraction of sp³-hybridized carbons (Fsp3) is 0.105. The maximum atomic E-state index is 12.5. The smallest absolute Gasteiger partial charge is 0.420 e. The molecule has 0 unspecified atom stereocenters. The van der Waals surface area contributed by atoms with E-state index in [2.05, 4.69) is 10.3 Å². The Hall–Kier alpha value is -3.61. The quantitative estimate of drug-likeness (QED) is 0.612. The summed E-state index contributed by atoms with van der Waals surface area (Å²) in [5.41, 5.74) is 2.18. The van der Waals surface area contributed by atoms with Gasteiger partial charge in [0.15, 0.2) is 5.58 Å². The number of anilines is 1. The van der Waals surface area contributed by atoms with Crippen molar-refractivity contribution in [2.75, 3.05) is 12.4 Å². The van der Waals surface area contributed by atoms with Gasteiger partial charge in [-0.2, -0.15) is 0 Å². The number of pyridine rings is 1. The van der Waals surface area contributed by atoms with Crippen LogP contribution < -0.4 is 15.8 Å². The first-order chi connectivity index (χ1) is 12.7. The molecule has 0 bridgehead atoms. The maximum Gasteiger partial charge on any atom is 0.420 e. The lowest BCUT2D eigenvalue weighted by Gasteiger charge is -2.10. The summed E-state index contributed by atoms with van der Waals surface area (Å²) in [5.74, 6) is -0.333. The lowest BCUT2D eigenvalue weighted by molar-refractivity contribution is -0.116. The molecule has 7 nitrogen and oxygen atoms in total. The predicted octanol–water partition coefficient (Wildman–Crippen LogP) is 2.79. The average molecular weight is 349 g/mol. The number of oxazole rings is 1. The molecule has 0 saturated carbocycles. The third kappa shape index (κ3) is 2.79. The number of carbonyl (C=O) groups is 1. The summed E-state index contributed by atoms with van der Waals surface area (Å²) in [7, 11) is 1.56. The molecular weight excluding hydrogens is 334 g/mol. The average Bonchev–Trinajstić information content (AvgIpc) is 2.97. The third-order valence-electron chi connectivity index (χ3n) is 4.06. The van der Waals surface area contributed by atoms with Crippen molar-refractivity contribution < 1.29 is 13.9 Å². The Morgan fingerprint density at radius 1 is 1.23 bits per heavy atom. The number of aromatic nitrogens is 2. The first-order valence-electron chi connectivity index (χ1n) is 7.97. The Kier molecular flexibility index (Phi) is 3.89. The number of methoxy groups -OCH3 is 1. The normalized spacial score (nSPS) is 11.0. The molecule has 0 radical (unpaired) electrons. The van der Waals surface area contributed by atoms with Crippen LogP contribution in [0, 0.1) is 0 Å². The van der Waals surface area contributed by atoms with Gasteiger partial charge in [0, 0.05) is 17.6 Å². The van der Waals surface area contributed by atoms with Gasteiger partial charge in [-0.1, -0.05) is 18.2 Å². The van der Waals surface area contributed by atoms with Crippen molar-refractivity contribution in [3.05, 3.63) is 65.3 Å². The van der Waals surface area contributed by atoms with E-state index >= 15 is 0 Å². The van der Waals surface area contributed by atoms with E-state index in [9.17, 15) is 9.59 Å². The number of hydrogen-bond donors (Lipinski definition) is 1. The molecule has 1 N–H and O–H groups in total. The molecule has 0 atom stereocenters. The Morgan fingerprint density at radius 3 is 2.92 bits per heavy atom. The van der Waals surface area contributed by atoms with Gasteiger partial charge in [0.05, 0.1) is 23.8 Å². The third-order valence-corrected chi connectivity index (χ3v) is 4.06. The minimum Gasteiger partial charge on any atom is -0.497 e. The van der Waals surface area contributed by atoms with E-state index in [1.807, 2.05) is 18.2 Å². The lowest BCUT2D eigenvalue weighted by atomic mass is 10.1. The molecule has 0 fully saturated rings. The molecule has 0 aliphatic rings. The van der Waals surface area contributed by atoms with Crippen molar-refractivity contribution in [3.8, 4) is 5.75 Å². The van der Waals surface area contributed by atoms with E-state index in [0.29, 0.717) is 28.1 Å². The van der Waals surface area contributed by atoms with Gasteiger partial charge in [-0.05, 0) is 24.3 Å². The molecule has 1 amide bonds. The van der Waals surface area contributed by atoms with Crippen LogP contribution in [0.3, 0.4) is 0 Å². The van der Waals surface area contributed by atoms with Crippen LogP contribution in [-0.2, 0) is 11.3 Å². The van der Waals surface area contributed by atoms with Crippen LogP contribution in [0.15, 0.2) is 63.9 Å². The Morgan fingerprint density at radius 2 is 2.08 bits per heavy atom. The van der Waals surface area contributed by atoms with E-state index in [1.165, 1.54) is 4.57 Å². The monoisotopic (exact) mass is 349 g/mol. The minimum atomic E-state index is -0.574. The summed E-state index contributed by atoms with van der Waals surface area (Å²) in [6, 6.07) is 14.2. The highest BCUT2D eigenvalue weighted by atomic mass is 16.5. The van der Waals surface area contributed by atoms with Crippen molar-refractivity contribution in [3.63, 3.8) is 0 Å². The summed E-state index contributed by atoms with van der Waals surface area (Å²) in [6.07, 6.45) is 1.65. The number of ether oxygens (including phenoxy) is 1. The number of nitrogens with one attached hydrogen (secondary N) is 1. The van der Waals surface area contributed by atoms with Crippen LogP contribution in [0.5, 0.6) is 5.75 Å². The number of carbonyl (C=O) groups excluding carboxylic acids is 1. The summed E-state index contributed by atoms with van der Waals surface area (Å²) in [5, 5.41) is 3.65. The molecule has 2 aromatic heterocycles. The van der Waals surface area contributed by atoms with Crippen molar-refractivity contribution in [2.24, 2.45) is 0 Å². The zero-order valence-electron chi connectivity index (χ0n) is 13.9. The van der Waals surface area contributed by atoms with Crippen LogP contribution in [0.4, 0.5) is 5.69 Å². The second kappa shape index (κ2) is 6.36. The van der Waals surface area contributed by atoms with E-state index in [1.54, 1.807) is 43.6 Å². The zero-order chi connectivity index (χ0) is 18.1. The number of nitrogens with zero attached hydrogens (tertiary/aromatic N) is 2. The number of amides is 1. The number of benzene rings is 2. The predicted molar refractivity (Wildman–Crippen MR) is 97.4 cm³/mol. The first-order valence-corrected chi connectivity index (χ1v) is 7.97. The molecule has 2 heterocycles. The summed E-state index contributed by atoms with van der Waals surface area (Å²) >= 11 is 0. The van der Waals surface area contributed by atoms with Crippen molar-refractivity contribution in [1.29, 1.82) is 0 Å². The van der Waals surface area contributed by atoms with Crippen molar-refractivity contribution in [1.82, 2.24) is 9.55 Å². The topological polar surface area (TPSA) is 86.4 Å². The zero-order valence-corrected chi connectivity index (χ0v) is 13.9. The van der Waals surface area contributed by atoms with Gasteiger partial charge in [-0.3, -0.25) is 14.3 Å². The highest BCUT2D eigenvalue weighted by molar-refractivity contribution is 6.01. The van der Waals surface area contributed by atoms with Gasteiger partial charge in [-0.25, -0.2) is 4.79 Å². The van der Waals surface area contributed by atoms with Crippen LogP contribution >= 0.6 is 0 Å².